The number of pyridine rings is 1. The fourth-order valence-electron chi connectivity index (χ4n) is 2.24. The number of rotatable bonds is 6. The molecule has 1 aromatic heterocycles. The Morgan fingerprint density at radius 1 is 1.50 bits per heavy atom. The predicted molar refractivity (Wildman–Crippen MR) is 98.0 cm³/mol. The third kappa shape index (κ3) is 5.96. The Morgan fingerprint density at radius 2 is 2.36 bits per heavy atom. The van der Waals surface area contributed by atoms with Crippen LogP contribution in [0.25, 0.3) is 0 Å². The molecule has 2 heterocycles. The lowest BCUT2D eigenvalue weighted by atomic mass is 10.2. The van der Waals surface area contributed by atoms with Gasteiger partial charge in [0.05, 0.1) is 12.7 Å². The van der Waals surface area contributed by atoms with Gasteiger partial charge in [-0.25, -0.2) is 4.98 Å². The minimum Gasteiger partial charge on any atom is -0.478 e. The third-order valence-corrected chi connectivity index (χ3v) is 3.32. The van der Waals surface area contributed by atoms with E-state index >= 15 is 0 Å². The average molecular weight is 420 g/mol. The maximum atomic E-state index is 5.59. The van der Waals surface area contributed by atoms with Gasteiger partial charge in [-0.2, -0.15) is 0 Å². The van der Waals surface area contributed by atoms with Gasteiger partial charge in [0.2, 0.25) is 5.88 Å². The molecule has 1 unspecified atom stereocenters. The first-order valence-electron chi connectivity index (χ1n) is 7.46. The Labute approximate surface area is 149 Å². The average Bonchev–Trinajstić information content (AvgIpc) is 3.02. The van der Waals surface area contributed by atoms with Crippen LogP contribution in [0.5, 0.6) is 5.88 Å². The highest BCUT2D eigenvalue weighted by molar-refractivity contribution is 14.0. The molecule has 2 N–H and O–H groups in total. The molecule has 6 nitrogen and oxygen atoms in total. The Morgan fingerprint density at radius 3 is 3.05 bits per heavy atom. The number of aliphatic imine (C=N–C) groups is 1. The predicted octanol–water partition coefficient (Wildman–Crippen LogP) is 1.94. The van der Waals surface area contributed by atoms with Crippen LogP contribution in [0.15, 0.2) is 23.3 Å². The Hall–Kier alpha value is -1.09. The van der Waals surface area contributed by atoms with E-state index in [0.29, 0.717) is 25.1 Å². The Bertz CT molecular complexity index is 465. The van der Waals surface area contributed by atoms with Crippen LogP contribution in [-0.2, 0) is 11.3 Å². The molecular weight excluding hydrogens is 395 g/mol. The van der Waals surface area contributed by atoms with Gasteiger partial charge in [0.15, 0.2) is 5.96 Å². The normalized spacial score (nSPS) is 17.7. The molecule has 22 heavy (non-hydrogen) atoms. The lowest BCUT2D eigenvalue weighted by Gasteiger charge is -2.15. The molecule has 1 fully saturated rings. The van der Waals surface area contributed by atoms with Crippen molar-refractivity contribution in [2.75, 3.05) is 26.8 Å². The molecule has 0 spiro atoms. The van der Waals surface area contributed by atoms with Crippen molar-refractivity contribution in [2.45, 2.75) is 32.4 Å². The third-order valence-electron chi connectivity index (χ3n) is 3.32. The van der Waals surface area contributed by atoms with Gasteiger partial charge in [0.1, 0.15) is 0 Å². The highest BCUT2D eigenvalue weighted by atomic mass is 127. The SMILES string of the molecule is CCOc1ncccc1CNC(=NC)NCC1CCCO1.I. The number of hydrogen-bond donors (Lipinski definition) is 2. The van der Waals surface area contributed by atoms with Crippen LogP contribution >= 0.6 is 24.0 Å². The van der Waals surface area contributed by atoms with Crippen LogP contribution in [0.4, 0.5) is 0 Å². The van der Waals surface area contributed by atoms with Crippen LogP contribution in [0.1, 0.15) is 25.3 Å². The van der Waals surface area contributed by atoms with Gasteiger partial charge in [0, 0.05) is 38.5 Å². The zero-order valence-electron chi connectivity index (χ0n) is 13.2. The van der Waals surface area contributed by atoms with Gasteiger partial charge >= 0.3 is 0 Å². The number of nitrogens with zero attached hydrogens (tertiary/aromatic N) is 2. The number of halogens is 1. The molecule has 0 amide bonds. The first-order chi connectivity index (χ1) is 10.3. The van der Waals surface area contributed by atoms with Crippen LogP contribution < -0.4 is 15.4 Å². The number of hydrogen-bond acceptors (Lipinski definition) is 4. The Kier molecular flexibility index (Phi) is 9.14. The highest BCUT2D eigenvalue weighted by Gasteiger charge is 2.15. The molecule has 7 heteroatoms. The number of aromatic nitrogens is 1. The summed E-state index contributed by atoms with van der Waals surface area (Å²) in [5.41, 5.74) is 1.01. The number of ether oxygens (including phenoxy) is 2. The van der Waals surface area contributed by atoms with Gasteiger partial charge < -0.3 is 20.1 Å². The zero-order valence-corrected chi connectivity index (χ0v) is 15.5. The van der Waals surface area contributed by atoms with Crippen molar-refractivity contribution in [3.05, 3.63) is 23.9 Å². The summed E-state index contributed by atoms with van der Waals surface area (Å²) in [7, 11) is 1.76. The van der Waals surface area contributed by atoms with Crippen LogP contribution in [0, 0.1) is 0 Å². The highest BCUT2D eigenvalue weighted by Crippen LogP contribution is 2.13. The summed E-state index contributed by atoms with van der Waals surface area (Å²) in [5, 5.41) is 6.56. The van der Waals surface area contributed by atoms with Crippen molar-refractivity contribution in [3.8, 4) is 5.88 Å². The molecule has 1 atom stereocenters. The van der Waals surface area contributed by atoms with Crippen molar-refractivity contribution in [3.63, 3.8) is 0 Å². The fraction of sp³-hybridized carbons (Fsp3) is 0.600. The zero-order chi connectivity index (χ0) is 14.9. The van der Waals surface area contributed by atoms with E-state index in [2.05, 4.69) is 20.6 Å². The molecule has 0 radical (unpaired) electrons. The fourth-order valence-corrected chi connectivity index (χ4v) is 2.24. The largest absolute Gasteiger partial charge is 0.478 e. The molecule has 0 aliphatic carbocycles. The molecule has 2 rings (SSSR count). The standard InChI is InChI=1S/C15H24N4O2.HI/c1-3-20-14-12(6-4-8-17-14)10-18-15(16-2)19-11-13-7-5-9-21-13;/h4,6,8,13H,3,5,7,9-11H2,1-2H3,(H2,16,18,19);1H. The van der Waals surface area contributed by atoms with Gasteiger partial charge in [-0.15, -0.1) is 24.0 Å². The first-order valence-corrected chi connectivity index (χ1v) is 7.46. The van der Waals surface area contributed by atoms with Gasteiger partial charge in [-0.05, 0) is 25.8 Å². The minimum atomic E-state index is 0. The van der Waals surface area contributed by atoms with Crippen molar-refractivity contribution in [1.82, 2.24) is 15.6 Å². The van der Waals surface area contributed by atoms with E-state index in [-0.39, 0.29) is 24.0 Å². The minimum absolute atomic E-state index is 0. The van der Waals surface area contributed by atoms with Crippen LogP contribution in [0.3, 0.4) is 0 Å². The van der Waals surface area contributed by atoms with E-state index in [9.17, 15) is 0 Å². The Balaban J connectivity index is 0.00000242. The molecule has 1 aliphatic heterocycles. The second-order valence-electron chi connectivity index (χ2n) is 4.84. The molecular formula is C15H25IN4O2. The quantitative estimate of drug-likeness (QED) is 0.419. The van der Waals surface area contributed by atoms with E-state index in [1.54, 1.807) is 13.2 Å². The summed E-state index contributed by atoms with van der Waals surface area (Å²) in [6, 6.07) is 3.90. The topological polar surface area (TPSA) is 67.8 Å². The second kappa shape index (κ2) is 10.6. The summed E-state index contributed by atoms with van der Waals surface area (Å²) in [4.78, 5) is 8.46. The first kappa shape index (κ1) is 19.0. The summed E-state index contributed by atoms with van der Waals surface area (Å²) >= 11 is 0. The maximum absolute atomic E-state index is 5.59. The lowest BCUT2D eigenvalue weighted by Crippen LogP contribution is -2.40. The van der Waals surface area contributed by atoms with Gasteiger partial charge in [0.25, 0.3) is 0 Å². The molecule has 1 aliphatic rings. The smallest absolute Gasteiger partial charge is 0.218 e. The second-order valence-corrected chi connectivity index (χ2v) is 4.84. The van der Waals surface area contributed by atoms with E-state index in [4.69, 9.17) is 9.47 Å². The molecule has 1 aromatic rings. The summed E-state index contributed by atoms with van der Waals surface area (Å²) in [6.07, 6.45) is 4.28. The van der Waals surface area contributed by atoms with E-state index in [1.807, 2.05) is 19.1 Å². The van der Waals surface area contributed by atoms with E-state index in [1.165, 1.54) is 0 Å². The molecule has 0 bridgehead atoms. The summed E-state index contributed by atoms with van der Waals surface area (Å²) in [6.45, 7) is 4.83. The lowest BCUT2D eigenvalue weighted by molar-refractivity contribution is 0.114. The van der Waals surface area contributed by atoms with Crippen molar-refractivity contribution in [1.29, 1.82) is 0 Å². The molecule has 1 saturated heterocycles. The van der Waals surface area contributed by atoms with E-state index in [0.717, 1.165) is 37.5 Å². The summed E-state index contributed by atoms with van der Waals surface area (Å²) < 4.78 is 11.1. The van der Waals surface area contributed by atoms with Crippen molar-refractivity contribution in [2.24, 2.45) is 4.99 Å². The van der Waals surface area contributed by atoms with Crippen LogP contribution in [0.2, 0.25) is 0 Å². The summed E-state index contributed by atoms with van der Waals surface area (Å²) in [5.74, 6) is 1.43. The molecule has 0 saturated carbocycles. The maximum Gasteiger partial charge on any atom is 0.218 e. The van der Waals surface area contributed by atoms with Crippen molar-refractivity contribution >= 4 is 29.9 Å². The van der Waals surface area contributed by atoms with Crippen LogP contribution in [-0.4, -0.2) is 43.9 Å². The monoisotopic (exact) mass is 420 g/mol. The van der Waals surface area contributed by atoms with E-state index < -0.39 is 0 Å². The number of nitrogens with one attached hydrogen (secondary N) is 2. The van der Waals surface area contributed by atoms with Gasteiger partial charge in [-0.3, -0.25) is 4.99 Å². The molecule has 0 aromatic carbocycles. The van der Waals surface area contributed by atoms with Gasteiger partial charge in [-0.1, -0.05) is 6.07 Å². The van der Waals surface area contributed by atoms with Crippen molar-refractivity contribution < 1.29 is 9.47 Å². The number of guanidine groups is 1. The molecule has 124 valence electrons.